The number of phosphoric acid groups is 1. The van der Waals surface area contributed by atoms with Gasteiger partial charge in [0.1, 0.15) is 13.2 Å². The molecule has 0 heterocycles. The maximum absolute atomic E-state index is 13.1. The van der Waals surface area contributed by atoms with Crippen molar-refractivity contribution >= 4 is 13.7 Å². The molecule has 3 N–H and O–H groups in total. The lowest BCUT2D eigenvalue weighted by Gasteiger charge is -2.25. The third kappa shape index (κ3) is 76.3. The molecule has 0 aliphatic carbocycles. The van der Waals surface area contributed by atoms with E-state index in [1.54, 1.807) is 6.08 Å². The number of aliphatic hydroxyl groups excluding tert-OH is 1. The zero-order valence-electron chi connectivity index (χ0n) is 63.1. The van der Waals surface area contributed by atoms with Gasteiger partial charge in [0.15, 0.2) is 0 Å². The first-order valence-corrected chi connectivity index (χ1v) is 43.2. The van der Waals surface area contributed by atoms with Gasteiger partial charge < -0.3 is 19.8 Å². The minimum atomic E-state index is -4.36. The summed E-state index contributed by atoms with van der Waals surface area (Å²) in [5.41, 5.74) is 0. The van der Waals surface area contributed by atoms with Crippen molar-refractivity contribution in [2.75, 3.05) is 40.9 Å². The second kappa shape index (κ2) is 74.2. The van der Waals surface area contributed by atoms with Crippen molar-refractivity contribution < 1.29 is 32.9 Å². The first kappa shape index (κ1) is 91.0. The summed E-state index contributed by atoms with van der Waals surface area (Å²) in [6.07, 6.45) is 99.7. The molecule has 0 saturated carbocycles. The summed E-state index contributed by atoms with van der Waals surface area (Å²) in [7, 11) is 1.60. The van der Waals surface area contributed by atoms with Gasteiger partial charge in [-0.1, -0.05) is 423 Å². The lowest BCUT2D eigenvalue weighted by atomic mass is 10.0. The number of hydrogen-bond donors (Lipinski definition) is 3. The van der Waals surface area contributed by atoms with Crippen LogP contribution in [0.15, 0.2) is 24.3 Å². The van der Waals surface area contributed by atoms with E-state index < -0.39 is 20.0 Å². The van der Waals surface area contributed by atoms with Gasteiger partial charge in [-0.15, -0.1) is 0 Å². The quantitative estimate of drug-likeness (QED) is 0.0243. The first-order chi connectivity index (χ1) is 45.0. The minimum absolute atomic E-state index is 0.0650. The molecule has 0 saturated heterocycles. The monoisotopic (exact) mass is 1320 g/mol. The number of phosphoric ester groups is 1. The van der Waals surface area contributed by atoms with E-state index in [-0.39, 0.29) is 19.1 Å². The third-order valence-corrected chi connectivity index (χ3v) is 20.6. The maximum Gasteiger partial charge on any atom is 0.472 e. The number of likely N-dealkylation sites (N-methyl/N-ethyl adjacent to an activating group) is 1. The van der Waals surface area contributed by atoms with Crippen LogP contribution in [0.25, 0.3) is 0 Å². The fourth-order valence-corrected chi connectivity index (χ4v) is 14.0. The molecule has 0 fully saturated rings. The van der Waals surface area contributed by atoms with Gasteiger partial charge in [-0.3, -0.25) is 13.8 Å². The van der Waals surface area contributed by atoms with Crippen molar-refractivity contribution in [2.24, 2.45) is 0 Å². The van der Waals surface area contributed by atoms with Gasteiger partial charge >= 0.3 is 7.82 Å². The highest BCUT2D eigenvalue weighted by molar-refractivity contribution is 7.47. The van der Waals surface area contributed by atoms with E-state index in [9.17, 15) is 19.4 Å². The highest BCUT2D eigenvalue weighted by atomic mass is 31.2. The Morgan fingerprint density at radius 2 is 0.587 bits per heavy atom. The average Bonchev–Trinajstić information content (AvgIpc) is 2.63. The van der Waals surface area contributed by atoms with Crippen LogP contribution in [0.3, 0.4) is 0 Å². The number of quaternary nitrogens is 1. The number of allylic oxidation sites excluding steroid dienone is 3. The highest BCUT2D eigenvalue weighted by Gasteiger charge is 2.28. The Morgan fingerprint density at radius 1 is 0.359 bits per heavy atom. The normalized spacial score (nSPS) is 13.5. The third-order valence-electron chi connectivity index (χ3n) is 19.7. The molecule has 548 valence electrons. The van der Waals surface area contributed by atoms with Crippen LogP contribution in [0.2, 0.25) is 0 Å². The molecule has 0 aromatic rings. The second-order valence-electron chi connectivity index (χ2n) is 30.2. The molecular weight excluding hydrogens is 1150 g/mol. The Labute approximate surface area is 576 Å². The molecule has 9 heteroatoms. The van der Waals surface area contributed by atoms with E-state index in [0.717, 1.165) is 32.1 Å². The summed E-state index contributed by atoms with van der Waals surface area (Å²) in [5.74, 6) is -0.166. The second-order valence-corrected chi connectivity index (χ2v) is 31.7. The summed E-state index contributed by atoms with van der Waals surface area (Å²) in [6, 6.07) is -0.846. The Morgan fingerprint density at radius 3 is 0.837 bits per heavy atom. The van der Waals surface area contributed by atoms with Crippen LogP contribution in [0.1, 0.15) is 450 Å². The first-order valence-electron chi connectivity index (χ1n) is 41.7. The molecule has 0 rings (SSSR count). The summed E-state index contributed by atoms with van der Waals surface area (Å²) in [5, 5.41) is 14.1. The molecule has 8 nitrogen and oxygen atoms in total. The lowest BCUT2D eigenvalue weighted by molar-refractivity contribution is -0.870. The Balaban J connectivity index is 3.90. The van der Waals surface area contributed by atoms with Crippen LogP contribution in [-0.4, -0.2) is 73.4 Å². The van der Waals surface area contributed by atoms with E-state index in [4.69, 9.17) is 9.05 Å². The molecule has 3 unspecified atom stereocenters. The highest BCUT2D eigenvalue weighted by Crippen LogP contribution is 2.43. The molecule has 0 aliphatic heterocycles. The van der Waals surface area contributed by atoms with Gasteiger partial charge in [0.2, 0.25) is 5.91 Å². The van der Waals surface area contributed by atoms with E-state index >= 15 is 0 Å². The van der Waals surface area contributed by atoms with Crippen LogP contribution in [0, 0.1) is 0 Å². The van der Waals surface area contributed by atoms with Crippen molar-refractivity contribution in [2.45, 2.75) is 463 Å². The number of nitrogens with zero attached hydrogens (tertiary/aromatic N) is 1. The zero-order valence-corrected chi connectivity index (χ0v) is 64.0. The summed E-state index contributed by atoms with van der Waals surface area (Å²) >= 11 is 0. The van der Waals surface area contributed by atoms with Crippen LogP contribution in [-0.2, 0) is 18.4 Å². The molecule has 0 aliphatic rings. The number of aliphatic hydroxyl groups is 1. The number of rotatable bonds is 79. The lowest BCUT2D eigenvalue weighted by Crippen LogP contribution is -2.45. The number of unbranched alkanes of at least 4 members (excludes halogenated alkanes) is 64. The van der Waals surface area contributed by atoms with Crippen molar-refractivity contribution in [3.8, 4) is 0 Å². The number of hydrogen-bond acceptors (Lipinski definition) is 5. The smallest absolute Gasteiger partial charge is 0.387 e. The SMILES string of the molecule is CCCCCCCCCC/C=C\CCCCCCCCCCCCCCCCCCCCCCCCCCCCCC(=O)NC(COP(=O)(O)OCC[N+](C)(C)C)C(O)/C=C/CCCCCCCCCCCCCCCCCCCCCCCCCCCCCCC. The largest absolute Gasteiger partial charge is 0.472 e. The fourth-order valence-electron chi connectivity index (χ4n) is 13.2. The maximum atomic E-state index is 13.1. The Bertz CT molecular complexity index is 1550. The van der Waals surface area contributed by atoms with Gasteiger partial charge in [-0.25, -0.2) is 4.57 Å². The van der Waals surface area contributed by atoms with Gasteiger partial charge in [-0.05, 0) is 44.9 Å². The number of amides is 1. The predicted octanol–water partition coefficient (Wildman–Crippen LogP) is 27.4. The summed E-state index contributed by atoms with van der Waals surface area (Å²) < 4.78 is 23.9. The van der Waals surface area contributed by atoms with Gasteiger partial charge in [0.05, 0.1) is 39.9 Å². The summed E-state index contributed by atoms with van der Waals surface area (Å²) in [6.45, 7) is 4.89. The predicted molar refractivity (Wildman–Crippen MR) is 406 cm³/mol. The zero-order chi connectivity index (χ0) is 66.9. The molecule has 0 bridgehead atoms. The fraction of sp³-hybridized carbons (Fsp3) is 0.940. The molecular formula is C83H166N2O6P+. The van der Waals surface area contributed by atoms with Gasteiger partial charge in [-0.2, -0.15) is 0 Å². The molecule has 0 aromatic carbocycles. The van der Waals surface area contributed by atoms with Crippen LogP contribution >= 0.6 is 7.82 Å². The van der Waals surface area contributed by atoms with Crippen LogP contribution < -0.4 is 5.32 Å². The minimum Gasteiger partial charge on any atom is -0.387 e. The van der Waals surface area contributed by atoms with Crippen molar-refractivity contribution in [3.63, 3.8) is 0 Å². The molecule has 0 aromatic heterocycles. The Kier molecular flexibility index (Phi) is 73.4. The molecule has 92 heavy (non-hydrogen) atoms. The molecule has 1 amide bonds. The van der Waals surface area contributed by atoms with Crippen LogP contribution in [0.4, 0.5) is 0 Å². The van der Waals surface area contributed by atoms with E-state index in [1.165, 1.54) is 398 Å². The Hall–Kier alpha value is -1.02. The van der Waals surface area contributed by atoms with Gasteiger partial charge in [0.25, 0.3) is 0 Å². The van der Waals surface area contributed by atoms with Crippen molar-refractivity contribution in [1.29, 1.82) is 0 Å². The average molecular weight is 1320 g/mol. The van der Waals surface area contributed by atoms with E-state index in [1.807, 2.05) is 27.2 Å². The van der Waals surface area contributed by atoms with E-state index in [2.05, 4.69) is 31.3 Å². The standard InChI is InChI=1S/C83H165N2O6P/c1-6-8-10-12-14-16-18-20-22-24-26-28-30-32-34-36-38-39-40-41-42-43-44-45-47-49-51-53-55-57-59-61-63-65-67-69-71-73-75-77-83(87)84-81(80-91-92(88,89)90-79-78-85(3,4)5)82(86)76-74-72-70-68-66-64-62-60-58-56-54-52-50-48-46-37-35-33-31-29-27-25-23-21-19-17-15-13-11-9-7-2/h24,26,74,76,81-82,86H,6-23,25,27-73,75,77-80H2,1-5H3,(H-,84,87,88,89)/p+1/b26-24-,76-74+. The van der Waals surface area contributed by atoms with Crippen molar-refractivity contribution in [3.05, 3.63) is 24.3 Å². The van der Waals surface area contributed by atoms with Crippen LogP contribution in [0.5, 0.6) is 0 Å². The molecule has 3 atom stereocenters. The molecule has 0 radical (unpaired) electrons. The number of carbonyl (C=O) groups excluding carboxylic acids is 1. The van der Waals surface area contributed by atoms with Gasteiger partial charge in [0, 0.05) is 6.42 Å². The molecule has 0 spiro atoms. The topological polar surface area (TPSA) is 105 Å². The van der Waals surface area contributed by atoms with E-state index in [0.29, 0.717) is 17.4 Å². The van der Waals surface area contributed by atoms with Crippen molar-refractivity contribution in [1.82, 2.24) is 5.32 Å². The number of carbonyl (C=O) groups is 1. The number of nitrogens with one attached hydrogen (secondary N) is 1. The summed E-state index contributed by atoms with van der Waals surface area (Å²) in [4.78, 5) is 23.5.